The van der Waals surface area contributed by atoms with Gasteiger partial charge in [-0.25, -0.2) is 4.98 Å². The van der Waals surface area contributed by atoms with Crippen LogP contribution in [-0.2, 0) is 25.9 Å². The zero-order valence-corrected chi connectivity index (χ0v) is 17.8. The zero-order valence-electron chi connectivity index (χ0n) is 17.8. The molecule has 5 rings (SSSR count). The second-order valence-electron chi connectivity index (χ2n) is 8.37. The highest BCUT2D eigenvalue weighted by Crippen LogP contribution is 2.30. The maximum atomic E-state index is 13.3. The number of hydrogen-bond donors (Lipinski definition) is 1. The number of benzene rings is 2. The van der Waals surface area contributed by atoms with Crippen LogP contribution in [0.25, 0.3) is 10.9 Å². The number of rotatable bonds is 5. The SMILES string of the molecule is Cc1ccc2nc3c(c(C(=O)NCc4ccc(Cn5ccnc5)cc4)c2c1)CCCC3. The lowest BCUT2D eigenvalue weighted by molar-refractivity contribution is 0.0951. The average Bonchev–Trinajstić information content (AvgIpc) is 3.30. The number of pyridine rings is 1. The summed E-state index contributed by atoms with van der Waals surface area (Å²) < 4.78 is 2.04. The Morgan fingerprint density at radius 3 is 2.68 bits per heavy atom. The molecule has 156 valence electrons. The van der Waals surface area contributed by atoms with E-state index in [-0.39, 0.29) is 5.91 Å². The van der Waals surface area contributed by atoms with Crippen LogP contribution in [0.2, 0.25) is 0 Å². The van der Waals surface area contributed by atoms with Crippen LogP contribution in [0.5, 0.6) is 0 Å². The smallest absolute Gasteiger partial charge is 0.252 e. The van der Waals surface area contributed by atoms with Crippen LogP contribution in [0, 0.1) is 6.92 Å². The van der Waals surface area contributed by atoms with Crippen LogP contribution in [0.15, 0.2) is 61.2 Å². The number of nitrogens with zero attached hydrogens (tertiary/aromatic N) is 3. The van der Waals surface area contributed by atoms with Gasteiger partial charge in [0.1, 0.15) is 0 Å². The lowest BCUT2D eigenvalue weighted by atomic mass is 9.89. The second-order valence-corrected chi connectivity index (χ2v) is 8.37. The summed E-state index contributed by atoms with van der Waals surface area (Å²) in [7, 11) is 0. The van der Waals surface area contributed by atoms with E-state index in [1.54, 1.807) is 6.20 Å². The highest BCUT2D eigenvalue weighted by atomic mass is 16.1. The molecule has 2 aromatic carbocycles. The van der Waals surface area contributed by atoms with E-state index in [0.717, 1.165) is 71.1 Å². The summed E-state index contributed by atoms with van der Waals surface area (Å²) in [5.74, 6) is -0.00126. The molecule has 2 aromatic heterocycles. The molecule has 0 aliphatic heterocycles. The predicted octanol–water partition coefficient (Wildman–Crippen LogP) is 4.60. The van der Waals surface area contributed by atoms with Gasteiger partial charge < -0.3 is 9.88 Å². The first kappa shape index (κ1) is 19.5. The molecule has 5 nitrogen and oxygen atoms in total. The van der Waals surface area contributed by atoms with E-state index in [4.69, 9.17) is 4.98 Å². The van der Waals surface area contributed by atoms with Crippen LogP contribution >= 0.6 is 0 Å². The van der Waals surface area contributed by atoms with E-state index in [0.29, 0.717) is 6.54 Å². The number of carbonyl (C=O) groups excluding carboxylic acids is 1. The third-order valence-corrected chi connectivity index (χ3v) is 6.04. The molecular formula is C26H26N4O. The minimum Gasteiger partial charge on any atom is -0.348 e. The normalized spacial score (nSPS) is 13.2. The topological polar surface area (TPSA) is 59.8 Å². The number of carbonyl (C=O) groups is 1. The van der Waals surface area contributed by atoms with E-state index < -0.39 is 0 Å². The number of imidazole rings is 1. The van der Waals surface area contributed by atoms with Gasteiger partial charge in [0, 0.05) is 36.6 Å². The van der Waals surface area contributed by atoms with Crippen LogP contribution in [0.4, 0.5) is 0 Å². The summed E-state index contributed by atoms with van der Waals surface area (Å²) in [5, 5.41) is 4.13. The van der Waals surface area contributed by atoms with E-state index in [9.17, 15) is 4.79 Å². The Morgan fingerprint density at radius 2 is 1.87 bits per heavy atom. The molecule has 0 bridgehead atoms. The van der Waals surface area contributed by atoms with Crippen LogP contribution in [-0.4, -0.2) is 20.4 Å². The Balaban J connectivity index is 1.37. The largest absolute Gasteiger partial charge is 0.348 e. The summed E-state index contributed by atoms with van der Waals surface area (Å²) in [6.07, 6.45) is 9.70. The van der Waals surface area contributed by atoms with Crippen molar-refractivity contribution in [3.63, 3.8) is 0 Å². The molecule has 0 saturated heterocycles. The fourth-order valence-electron chi connectivity index (χ4n) is 4.42. The molecule has 0 fully saturated rings. The zero-order chi connectivity index (χ0) is 21.2. The first-order valence-corrected chi connectivity index (χ1v) is 10.9. The first-order valence-electron chi connectivity index (χ1n) is 10.9. The molecule has 0 unspecified atom stereocenters. The Hall–Kier alpha value is -3.47. The fourth-order valence-corrected chi connectivity index (χ4v) is 4.42. The first-order chi connectivity index (χ1) is 15.2. The van der Waals surface area contributed by atoms with Crippen molar-refractivity contribution in [2.24, 2.45) is 0 Å². The third-order valence-electron chi connectivity index (χ3n) is 6.04. The minimum atomic E-state index is -0.00126. The van der Waals surface area contributed by atoms with Gasteiger partial charge in [0.2, 0.25) is 0 Å². The van der Waals surface area contributed by atoms with Crippen LogP contribution in [0.1, 0.15) is 51.1 Å². The summed E-state index contributed by atoms with van der Waals surface area (Å²) >= 11 is 0. The van der Waals surface area contributed by atoms with Gasteiger partial charge in [-0.3, -0.25) is 9.78 Å². The van der Waals surface area contributed by atoms with Gasteiger partial charge in [0.25, 0.3) is 5.91 Å². The molecule has 0 atom stereocenters. The minimum absolute atomic E-state index is 0.00126. The number of amides is 1. The summed E-state index contributed by atoms with van der Waals surface area (Å²) in [6.45, 7) is 3.36. The third kappa shape index (κ3) is 4.08. The maximum absolute atomic E-state index is 13.3. The summed E-state index contributed by atoms with van der Waals surface area (Å²) in [4.78, 5) is 22.3. The molecular weight excluding hydrogens is 384 g/mol. The van der Waals surface area contributed by atoms with Crippen molar-refractivity contribution in [2.75, 3.05) is 0 Å². The Morgan fingerprint density at radius 1 is 1.06 bits per heavy atom. The van der Waals surface area contributed by atoms with Crippen molar-refractivity contribution < 1.29 is 4.79 Å². The van der Waals surface area contributed by atoms with Crippen molar-refractivity contribution >= 4 is 16.8 Å². The van der Waals surface area contributed by atoms with E-state index in [2.05, 4.69) is 53.6 Å². The van der Waals surface area contributed by atoms with Crippen molar-refractivity contribution in [3.05, 3.63) is 94.7 Å². The quantitative estimate of drug-likeness (QED) is 0.523. The van der Waals surface area contributed by atoms with Crippen LogP contribution < -0.4 is 5.32 Å². The molecule has 2 heterocycles. The standard InChI is InChI=1S/C26H26N4O/c1-18-6-11-24-22(14-18)25(21-4-2-3-5-23(21)29-24)26(31)28-15-19-7-9-20(10-8-19)16-30-13-12-27-17-30/h6-14,17H,2-5,15-16H2,1H3,(H,28,31). The summed E-state index contributed by atoms with van der Waals surface area (Å²) in [5.41, 5.74) is 7.41. The van der Waals surface area contributed by atoms with Gasteiger partial charge in [-0.15, -0.1) is 0 Å². The van der Waals surface area contributed by atoms with Crippen molar-refractivity contribution in [3.8, 4) is 0 Å². The average molecular weight is 411 g/mol. The van der Waals surface area contributed by atoms with Gasteiger partial charge in [-0.2, -0.15) is 0 Å². The molecule has 1 amide bonds. The maximum Gasteiger partial charge on any atom is 0.252 e. The second kappa shape index (κ2) is 8.34. The van der Waals surface area contributed by atoms with Gasteiger partial charge >= 0.3 is 0 Å². The highest BCUT2D eigenvalue weighted by Gasteiger charge is 2.22. The molecule has 1 aliphatic rings. The van der Waals surface area contributed by atoms with Gasteiger partial charge in [0.05, 0.1) is 17.4 Å². The van der Waals surface area contributed by atoms with Crippen molar-refractivity contribution in [1.29, 1.82) is 0 Å². The van der Waals surface area contributed by atoms with E-state index >= 15 is 0 Å². The van der Waals surface area contributed by atoms with Crippen molar-refractivity contribution in [1.82, 2.24) is 19.9 Å². The molecule has 0 spiro atoms. The Bertz CT molecular complexity index is 1230. The van der Waals surface area contributed by atoms with Crippen LogP contribution in [0.3, 0.4) is 0 Å². The molecule has 31 heavy (non-hydrogen) atoms. The number of nitrogens with one attached hydrogen (secondary N) is 1. The van der Waals surface area contributed by atoms with Gasteiger partial charge in [0.15, 0.2) is 0 Å². The van der Waals surface area contributed by atoms with E-state index in [1.807, 2.05) is 23.2 Å². The Kier molecular flexibility index (Phi) is 5.24. The summed E-state index contributed by atoms with van der Waals surface area (Å²) in [6, 6.07) is 14.6. The molecule has 0 saturated carbocycles. The number of aryl methyl sites for hydroxylation is 2. The molecule has 1 aliphatic carbocycles. The monoisotopic (exact) mass is 410 g/mol. The molecule has 4 aromatic rings. The highest BCUT2D eigenvalue weighted by molar-refractivity contribution is 6.07. The molecule has 0 radical (unpaired) electrons. The predicted molar refractivity (Wildman–Crippen MR) is 122 cm³/mol. The lowest BCUT2D eigenvalue weighted by Crippen LogP contribution is -2.26. The van der Waals surface area contributed by atoms with Gasteiger partial charge in [-0.05, 0) is 61.4 Å². The molecule has 5 heteroatoms. The number of aromatic nitrogens is 3. The Labute approximate surface area is 182 Å². The fraction of sp³-hybridized carbons (Fsp3) is 0.269. The number of hydrogen-bond acceptors (Lipinski definition) is 3. The van der Waals surface area contributed by atoms with Crippen molar-refractivity contribution in [2.45, 2.75) is 45.7 Å². The number of fused-ring (bicyclic) bond motifs is 2. The van der Waals surface area contributed by atoms with Gasteiger partial charge in [-0.1, -0.05) is 35.9 Å². The molecule has 1 N–H and O–H groups in total. The lowest BCUT2D eigenvalue weighted by Gasteiger charge is -2.20. The van der Waals surface area contributed by atoms with E-state index in [1.165, 1.54) is 5.56 Å².